The minimum absolute atomic E-state index is 0.0751. The number of carbonyl (C=O) groups excluding carboxylic acids is 2. The van der Waals surface area contributed by atoms with Crippen LogP contribution in [0.5, 0.6) is 0 Å². The molecule has 8 nitrogen and oxygen atoms in total. The number of furan rings is 1. The molecule has 3 aromatic rings. The second-order valence-electron chi connectivity index (χ2n) is 5.88. The number of nitrogens with zero attached hydrogens (tertiary/aromatic N) is 2. The van der Waals surface area contributed by atoms with Crippen molar-refractivity contribution in [3.63, 3.8) is 0 Å². The van der Waals surface area contributed by atoms with Crippen molar-refractivity contribution in [3.8, 4) is 0 Å². The summed E-state index contributed by atoms with van der Waals surface area (Å²) < 4.78 is 4.91. The number of hydrogen-bond donors (Lipinski definition) is 1. The molecule has 1 aliphatic rings. The van der Waals surface area contributed by atoms with E-state index < -0.39 is 16.7 Å². The zero-order valence-electron chi connectivity index (χ0n) is 13.9. The van der Waals surface area contributed by atoms with E-state index in [-0.39, 0.29) is 11.7 Å². The molecular formula is C18H13N3O5S. The molecule has 0 unspecified atom stereocenters. The van der Waals surface area contributed by atoms with Crippen LogP contribution in [0.1, 0.15) is 25.8 Å². The van der Waals surface area contributed by atoms with E-state index in [0.717, 1.165) is 23.7 Å². The third-order valence-corrected chi connectivity index (χ3v) is 5.07. The van der Waals surface area contributed by atoms with Gasteiger partial charge >= 0.3 is 5.88 Å². The fraction of sp³-hybridized carbons (Fsp3) is 0.111. The van der Waals surface area contributed by atoms with Crippen molar-refractivity contribution in [2.75, 3.05) is 16.8 Å². The first-order chi connectivity index (χ1) is 13.0. The molecule has 2 aromatic heterocycles. The Morgan fingerprint density at radius 1 is 1.22 bits per heavy atom. The van der Waals surface area contributed by atoms with Gasteiger partial charge in [-0.25, -0.2) is 0 Å². The standard InChI is InChI=1S/C18H13N3O5S/c22-17(14-5-6-16(26-14)21(24)25)19-12-4-3-11-7-8-20(13(11)10-12)18(23)15-2-1-9-27-15/h1-6,9-10H,7-8H2,(H,19,22). The lowest BCUT2D eigenvalue weighted by molar-refractivity contribution is -0.402. The molecule has 1 aliphatic heterocycles. The molecule has 0 saturated heterocycles. The van der Waals surface area contributed by atoms with Crippen LogP contribution in [0, 0.1) is 10.1 Å². The Kier molecular flexibility index (Phi) is 4.21. The highest BCUT2D eigenvalue weighted by Crippen LogP contribution is 2.33. The Morgan fingerprint density at radius 2 is 2.07 bits per heavy atom. The summed E-state index contributed by atoms with van der Waals surface area (Å²) >= 11 is 1.38. The van der Waals surface area contributed by atoms with Crippen molar-refractivity contribution in [2.45, 2.75) is 6.42 Å². The summed E-state index contributed by atoms with van der Waals surface area (Å²) in [6, 6.07) is 11.3. The van der Waals surface area contributed by atoms with Gasteiger partial charge in [0.2, 0.25) is 0 Å². The summed E-state index contributed by atoms with van der Waals surface area (Å²) in [6.45, 7) is 0.577. The Hall–Kier alpha value is -3.46. The van der Waals surface area contributed by atoms with Crippen molar-refractivity contribution in [2.24, 2.45) is 0 Å². The topological polar surface area (TPSA) is 106 Å². The van der Waals surface area contributed by atoms with Gasteiger partial charge in [-0.1, -0.05) is 12.1 Å². The number of thiophene rings is 1. The van der Waals surface area contributed by atoms with E-state index in [1.807, 2.05) is 17.5 Å². The molecule has 27 heavy (non-hydrogen) atoms. The number of benzene rings is 1. The van der Waals surface area contributed by atoms with E-state index in [1.165, 1.54) is 17.4 Å². The second kappa shape index (κ2) is 6.69. The van der Waals surface area contributed by atoms with Crippen LogP contribution < -0.4 is 10.2 Å². The first-order valence-electron chi connectivity index (χ1n) is 8.07. The molecule has 0 bridgehead atoms. The highest BCUT2D eigenvalue weighted by atomic mass is 32.1. The lowest BCUT2D eigenvalue weighted by Gasteiger charge is -2.17. The Labute approximate surface area is 157 Å². The molecule has 0 fully saturated rings. The number of amides is 2. The van der Waals surface area contributed by atoms with E-state index in [0.29, 0.717) is 17.1 Å². The number of nitro groups is 1. The van der Waals surface area contributed by atoms with Gasteiger partial charge in [-0.15, -0.1) is 11.3 Å². The minimum atomic E-state index is -0.708. The van der Waals surface area contributed by atoms with Gasteiger partial charge in [-0.2, -0.15) is 0 Å². The number of fused-ring (bicyclic) bond motifs is 1. The van der Waals surface area contributed by atoms with E-state index in [2.05, 4.69) is 5.32 Å². The first-order valence-corrected chi connectivity index (χ1v) is 8.95. The molecule has 0 atom stereocenters. The predicted molar refractivity (Wildman–Crippen MR) is 99.5 cm³/mol. The van der Waals surface area contributed by atoms with Crippen LogP contribution in [0.15, 0.2) is 52.3 Å². The average molecular weight is 383 g/mol. The maximum atomic E-state index is 12.7. The third-order valence-electron chi connectivity index (χ3n) is 4.21. The lowest BCUT2D eigenvalue weighted by atomic mass is 10.1. The monoisotopic (exact) mass is 383 g/mol. The molecule has 1 aromatic carbocycles. The van der Waals surface area contributed by atoms with Crippen molar-refractivity contribution < 1.29 is 18.9 Å². The van der Waals surface area contributed by atoms with Crippen LogP contribution in [0.2, 0.25) is 0 Å². The second-order valence-corrected chi connectivity index (χ2v) is 6.82. The minimum Gasteiger partial charge on any atom is -0.395 e. The van der Waals surface area contributed by atoms with Gasteiger partial charge in [0.15, 0.2) is 5.76 Å². The molecule has 136 valence electrons. The fourth-order valence-corrected chi connectivity index (χ4v) is 3.61. The first kappa shape index (κ1) is 17.0. The summed E-state index contributed by atoms with van der Waals surface area (Å²) in [5.41, 5.74) is 2.24. The average Bonchev–Trinajstić information content (AvgIpc) is 3.39. The molecule has 0 radical (unpaired) electrons. The van der Waals surface area contributed by atoms with Gasteiger partial charge in [-0.05, 0) is 41.6 Å². The smallest absolute Gasteiger partial charge is 0.395 e. The van der Waals surface area contributed by atoms with Crippen molar-refractivity contribution in [1.82, 2.24) is 0 Å². The van der Waals surface area contributed by atoms with Gasteiger partial charge in [0.1, 0.15) is 4.92 Å². The van der Waals surface area contributed by atoms with Crippen LogP contribution in [0.3, 0.4) is 0 Å². The van der Waals surface area contributed by atoms with E-state index in [1.54, 1.807) is 23.1 Å². The predicted octanol–water partition coefficient (Wildman–Crippen LogP) is 3.70. The van der Waals surface area contributed by atoms with Crippen LogP contribution in [-0.4, -0.2) is 23.3 Å². The third kappa shape index (κ3) is 3.20. The molecule has 9 heteroatoms. The molecule has 3 heterocycles. The number of anilines is 2. The number of carbonyl (C=O) groups is 2. The van der Waals surface area contributed by atoms with Crippen LogP contribution in [0.25, 0.3) is 0 Å². The van der Waals surface area contributed by atoms with Crippen LogP contribution >= 0.6 is 11.3 Å². The van der Waals surface area contributed by atoms with Crippen molar-refractivity contribution in [1.29, 1.82) is 0 Å². The number of nitrogens with one attached hydrogen (secondary N) is 1. The number of hydrogen-bond acceptors (Lipinski definition) is 6. The van der Waals surface area contributed by atoms with E-state index in [9.17, 15) is 19.7 Å². The van der Waals surface area contributed by atoms with E-state index in [4.69, 9.17) is 4.42 Å². The largest absolute Gasteiger partial charge is 0.433 e. The van der Waals surface area contributed by atoms with Crippen LogP contribution in [-0.2, 0) is 6.42 Å². The van der Waals surface area contributed by atoms with Crippen molar-refractivity contribution in [3.05, 3.63) is 74.2 Å². The molecule has 0 spiro atoms. The summed E-state index contributed by atoms with van der Waals surface area (Å²) in [6.07, 6.45) is 0.741. The quantitative estimate of drug-likeness (QED) is 0.546. The molecule has 1 N–H and O–H groups in total. The SMILES string of the molecule is O=C(Nc1ccc2c(c1)N(C(=O)c1cccs1)CC2)c1ccc([N+](=O)[O-])o1. The van der Waals surface area contributed by atoms with Gasteiger partial charge < -0.3 is 14.6 Å². The maximum absolute atomic E-state index is 12.7. The normalized spacial score (nSPS) is 12.7. The van der Waals surface area contributed by atoms with Gasteiger partial charge in [0, 0.05) is 17.9 Å². The molecule has 4 rings (SSSR count). The zero-order chi connectivity index (χ0) is 19.0. The molecule has 2 amide bonds. The summed E-state index contributed by atoms with van der Waals surface area (Å²) in [7, 11) is 0. The molecule has 0 aliphatic carbocycles. The van der Waals surface area contributed by atoms with Gasteiger partial charge in [0.05, 0.1) is 10.9 Å². The summed E-state index contributed by atoms with van der Waals surface area (Å²) in [4.78, 5) is 37.2. The lowest BCUT2D eigenvalue weighted by Crippen LogP contribution is -2.28. The zero-order valence-corrected chi connectivity index (χ0v) is 14.7. The highest BCUT2D eigenvalue weighted by molar-refractivity contribution is 7.12. The molecular weight excluding hydrogens is 370 g/mol. The van der Waals surface area contributed by atoms with E-state index >= 15 is 0 Å². The molecule has 0 saturated carbocycles. The van der Waals surface area contributed by atoms with Gasteiger partial charge in [-0.3, -0.25) is 19.7 Å². The number of rotatable bonds is 4. The fourth-order valence-electron chi connectivity index (χ4n) is 2.94. The summed E-state index contributed by atoms with van der Waals surface area (Å²) in [5.74, 6) is -1.33. The Morgan fingerprint density at radius 3 is 2.78 bits per heavy atom. The Balaban J connectivity index is 1.55. The van der Waals surface area contributed by atoms with Gasteiger partial charge in [0.25, 0.3) is 11.8 Å². The van der Waals surface area contributed by atoms with Crippen molar-refractivity contribution >= 4 is 40.4 Å². The highest BCUT2D eigenvalue weighted by Gasteiger charge is 2.27. The Bertz CT molecular complexity index is 1040. The van der Waals surface area contributed by atoms with Crippen LogP contribution in [0.4, 0.5) is 17.3 Å². The maximum Gasteiger partial charge on any atom is 0.433 e. The summed E-state index contributed by atoms with van der Waals surface area (Å²) in [5, 5.41) is 15.2.